The van der Waals surface area contributed by atoms with Crippen LogP contribution >= 0.6 is 11.6 Å². The number of amides is 1. The van der Waals surface area contributed by atoms with Gasteiger partial charge in [0.1, 0.15) is 28.6 Å². The molecule has 0 spiro atoms. The fourth-order valence-corrected chi connectivity index (χ4v) is 6.09. The zero-order valence-electron chi connectivity index (χ0n) is 29.3. The van der Waals surface area contributed by atoms with Gasteiger partial charge in [-0.3, -0.25) is 13.9 Å². The van der Waals surface area contributed by atoms with Crippen molar-refractivity contribution in [2.45, 2.75) is 40.0 Å². The molecular formula is C31H39ClN6O13S3. The summed E-state index contributed by atoms with van der Waals surface area (Å²) in [7, 11) is -12.3. The number of nitrogens with one attached hydrogen (secondary N) is 1. The number of nitrogens with zero attached hydrogens (tertiary/aromatic N) is 4. The highest BCUT2D eigenvalue weighted by Gasteiger charge is 2.15. The molecule has 0 radical (unpaired) electrons. The van der Waals surface area contributed by atoms with Gasteiger partial charge in [0.05, 0.1) is 59.2 Å². The Kier molecular flexibility index (Phi) is 16.2. The van der Waals surface area contributed by atoms with Gasteiger partial charge in [-0.2, -0.15) is 45.7 Å². The molecule has 0 aliphatic heterocycles. The van der Waals surface area contributed by atoms with Crippen LogP contribution < -0.4 is 25.4 Å². The van der Waals surface area contributed by atoms with E-state index in [0.717, 1.165) is 0 Å². The molecule has 54 heavy (non-hydrogen) atoms. The first-order valence-corrected chi connectivity index (χ1v) is 21.0. The summed E-state index contributed by atoms with van der Waals surface area (Å²) in [6.45, 7) is 4.54. The van der Waals surface area contributed by atoms with Crippen molar-refractivity contribution in [2.75, 3.05) is 42.4 Å². The Balaban J connectivity index is 1.89. The second-order valence-corrected chi connectivity index (χ2v) is 16.7. The van der Waals surface area contributed by atoms with E-state index in [4.69, 9.17) is 40.8 Å². The Morgan fingerprint density at radius 3 is 1.76 bits per heavy atom. The van der Waals surface area contributed by atoms with Gasteiger partial charge in [0.25, 0.3) is 30.4 Å². The van der Waals surface area contributed by atoms with E-state index in [0.29, 0.717) is 33.9 Å². The smallest absolute Gasteiger partial charge is 0.283 e. The van der Waals surface area contributed by atoms with E-state index < -0.39 is 41.9 Å². The number of ether oxygens (including phenoxy) is 3. The quantitative estimate of drug-likeness (QED) is 0.0411. The molecule has 0 bridgehead atoms. The van der Waals surface area contributed by atoms with Crippen molar-refractivity contribution >= 4 is 76.3 Å². The van der Waals surface area contributed by atoms with Crippen molar-refractivity contribution in [1.29, 1.82) is 0 Å². The monoisotopic (exact) mass is 834 g/mol. The van der Waals surface area contributed by atoms with Crippen LogP contribution in [-0.4, -0.2) is 77.3 Å². The number of rotatable bonds is 21. The minimum Gasteiger partial charge on any atom is -0.494 e. The van der Waals surface area contributed by atoms with E-state index in [1.807, 2.05) is 0 Å². The summed E-state index contributed by atoms with van der Waals surface area (Å²) < 4.78 is 106. The molecular weight excluding hydrogens is 796 g/mol. The first-order chi connectivity index (χ1) is 25.2. The molecule has 0 atom stereocenters. The maximum absolute atomic E-state index is 11.8. The Hall–Kier alpha value is -4.29. The van der Waals surface area contributed by atoms with Crippen molar-refractivity contribution in [3.05, 3.63) is 58.6 Å². The summed E-state index contributed by atoms with van der Waals surface area (Å²) in [5.74, 6) is 3.59. The van der Waals surface area contributed by atoms with E-state index in [-0.39, 0.29) is 78.6 Å². The molecule has 0 saturated heterocycles. The number of azo groups is 2. The molecule has 3 aromatic carbocycles. The number of aryl methyl sites for hydroxylation is 2. The lowest BCUT2D eigenvalue weighted by molar-refractivity contribution is -0.114. The highest BCUT2D eigenvalue weighted by atomic mass is 35.5. The van der Waals surface area contributed by atoms with Gasteiger partial charge in [0.15, 0.2) is 0 Å². The van der Waals surface area contributed by atoms with Gasteiger partial charge >= 0.3 is 0 Å². The molecule has 3 aromatic rings. The molecule has 3 rings (SSSR count). The maximum atomic E-state index is 11.8. The minimum atomic E-state index is -4.24. The first kappa shape index (κ1) is 44.1. The molecule has 0 unspecified atom stereocenters. The Bertz CT molecular complexity index is 2200. The van der Waals surface area contributed by atoms with Crippen molar-refractivity contribution in [3.8, 4) is 17.2 Å². The number of halogens is 1. The Morgan fingerprint density at radius 1 is 0.704 bits per heavy atom. The van der Waals surface area contributed by atoms with Crippen LogP contribution in [-0.2, 0) is 39.4 Å². The number of carbonyl (C=O) groups is 1. The third kappa shape index (κ3) is 15.6. The predicted octanol–water partition coefficient (Wildman–Crippen LogP) is 6.05. The summed E-state index contributed by atoms with van der Waals surface area (Å²) in [5.41, 5.74) is 2.58. The lowest BCUT2D eigenvalue weighted by Crippen LogP contribution is -2.16. The maximum Gasteiger partial charge on any atom is 0.283 e. The van der Waals surface area contributed by atoms with Gasteiger partial charge < -0.3 is 19.5 Å². The predicted molar refractivity (Wildman–Crippen MR) is 199 cm³/mol. The van der Waals surface area contributed by atoms with Crippen LogP contribution in [0, 0.1) is 13.8 Å². The summed E-state index contributed by atoms with van der Waals surface area (Å²) in [6.07, 6.45) is 0.0386. The lowest BCUT2D eigenvalue weighted by Gasteiger charge is -2.14. The normalized spacial score (nSPS) is 12.4. The Morgan fingerprint density at radius 2 is 1.20 bits per heavy atom. The highest BCUT2D eigenvalue weighted by Crippen LogP contribution is 2.39. The third-order valence-electron chi connectivity index (χ3n) is 6.90. The number of benzene rings is 3. The Labute approximate surface area is 317 Å². The molecule has 19 nitrogen and oxygen atoms in total. The van der Waals surface area contributed by atoms with Crippen LogP contribution in [0.2, 0.25) is 5.02 Å². The highest BCUT2D eigenvalue weighted by molar-refractivity contribution is 7.86. The average molecular weight is 835 g/mol. The van der Waals surface area contributed by atoms with Crippen LogP contribution in [0.15, 0.2) is 62.9 Å². The van der Waals surface area contributed by atoms with Crippen molar-refractivity contribution < 1.29 is 57.6 Å². The summed E-state index contributed by atoms with van der Waals surface area (Å²) >= 11 is 6.38. The zero-order valence-corrected chi connectivity index (χ0v) is 32.5. The molecule has 0 heterocycles. The van der Waals surface area contributed by atoms with Gasteiger partial charge in [0, 0.05) is 25.1 Å². The van der Waals surface area contributed by atoms with Gasteiger partial charge in [-0.1, -0.05) is 11.6 Å². The van der Waals surface area contributed by atoms with E-state index >= 15 is 0 Å². The number of nitrogens with two attached hydrogens (primary N) is 1. The van der Waals surface area contributed by atoms with Crippen LogP contribution in [0.1, 0.15) is 37.3 Å². The van der Waals surface area contributed by atoms with E-state index in [9.17, 15) is 30.0 Å². The fourth-order valence-electron chi connectivity index (χ4n) is 4.35. The van der Waals surface area contributed by atoms with Crippen LogP contribution in [0.25, 0.3) is 0 Å². The summed E-state index contributed by atoms with van der Waals surface area (Å²) in [5, 5.41) is 20.0. The molecule has 0 aliphatic rings. The van der Waals surface area contributed by atoms with E-state index in [2.05, 4.69) is 30.1 Å². The van der Waals surface area contributed by atoms with Crippen LogP contribution in [0.3, 0.4) is 0 Å². The average Bonchev–Trinajstić information content (AvgIpc) is 3.06. The van der Waals surface area contributed by atoms with E-state index in [1.54, 1.807) is 32.0 Å². The first-order valence-electron chi connectivity index (χ1n) is 15.8. The fraction of sp³-hybridized carbons (Fsp3) is 0.387. The number of hydrogen-bond donors (Lipinski definition) is 4. The lowest BCUT2D eigenvalue weighted by atomic mass is 10.1. The standard InChI is InChI=1S/C31H39ClN6O13S3/c1-20-15-28(34-22(3)39)30(49-10-4-12-52(40,41)42)18-26(20)37-38-29-16-21(2)27(19-31(29)50-11-5-13-53(43,44)45)36-35-25-8-7-23(17-24(25)32)48-9-6-14-54(46,47)51-33/h7-8,15-19H,4-6,9-14,33H2,1-3H3,(H,34,39)(H,40,41,42)(H,43,44,45). The van der Waals surface area contributed by atoms with Crippen LogP contribution in [0.4, 0.5) is 28.4 Å². The van der Waals surface area contributed by atoms with E-state index in [1.165, 1.54) is 31.2 Å². The SMILES string of the molecule is CC(=O)Nc1cc(C)c(N=Nc2cc(C)c(N=Nc3ccc(OCCCS(=O)(=O)ON)cc3Cl)cc2OCCCS(=O)(=O)O)cc1OCCCS(=O)(=O)O. The minimum absolute atomic E-state index is 0.0292. The largest absolute Gasteiger partial charge is 0.494 e. The molecule has 1 amide bonds. The number of carbonyl (C=O) groups excluding carboxylic acids is 1. The number of anilines is 1. The molecule has 0 fully saturated rings. The molecule has 296 valence electrons. The molecule has 5 N–H and O–H groups in total. The van der Waals surface area contributed by atoms with Gasteiger partial charge in [-0.05, 0) is 68.5 Å². The summed E-state index contributed by atoms with van der Waals surface area (Å²) in [6, 6.07) is 10.8. The molecule has 23 heteroatoms. The molecule has 0 saturated carbocycles. The van der Waals surface area contributed by atoms with Crippen LogP contribution in [0.5, 0.6) is 17.2 Å². The van der Waals surface area contributed by atoms with Gasteiger partial charge in [-0.15, -0.1) is 10.2 Å². The van der Waals surface area contributed by atoms with Gasteiger partial charge in [-0.25, -0.2) is 0 Å². The zero-order chi connectivity index (χ0) is 40.1. The third-order valence-corrected chi connectivity index (χ3v) is 9.89. The van der Waals surface area contributed by atoms with Crippen molar-refractivity contribution in [1.82, 2.24) is 0 Å². The van der Waals surface area contributed by atoms with Crippen molar-refractivity contribution in [3.63, 3.8) is 0 Å². The van der Waals surface area contributed by atoms with Gasteiger partial charge in [0.2, 0.25) is 5.91 Å². The second-order valence-electron chi connectivity index (χ2n) is 11.5. The van der Waals surface area contributed by atoms with Crippen molar-refractivity contribution in [2.24, 2.45) is 26.4 Å². The molecule has 0 aliphatic carbocycles. The molecule has 0 aromatic heterocycles. The number of hydrogen-bond acceptors (Lipinski definition) is 16. The summed E-state index contributed by atoms with van der Waals surface area (Å²) in [4.78, 5) is 11.8. The topological polar surface area (TPSA) is 284 Å². The second kappa shape index (κ2) is 19.9.